The third-order valence-corrected chi connectivity index (χ3v) is 2.26. The van der Waals surface area contributed by atoms with E-state index in [9.17, 15) is 4.57 Å². The van der Waals surface area contributed by atoms with Crippen molar-refractivity contribution < 1.29 is 14.0 Å². The van der Waals surface area contributed by atoms with E-state index in [0.717, 1.165) is 0 Å². The second-order valence-corrected chi connectivity index (χ2v) is 4.21. The highest BCUT2D eigenvalue weighted by atomic mass is 35.5. The van der Waals surface area contributed by atoms with E-state index >= 15 is 0 Å². The summed E-state index contributed by atoms with van der Waals surface area (Å²) in [6.07, 6.45) is 1.21. The standard InChI is InChI=1S/C7H6Cl3O3P/c1-4(8)6(10)3-7(5(2)9)13-14(11)12/h3H,2H2,1H3/p+1/b6-4-,7-3+. The average Bonchev–Trinajstić information content (AvgIpc) is 2.01. The van der Waals surface area contributed by atoms with Crippen LogP contribution in [0.3, 0.4) is 0 Å². The molecule has 0 aliphatic heterocycles. The number of hydrogen-bond acceptors (Lipinski definition) is 2. The van der Waals surface area contributed by atoms with E-state index in [0.29, 0.717) is 5.03 Å². The topological polar surface area (TPSA) is 46.5 Å². The molecule has 1 N–H and O–H groups in total. The monoisotopic (exact) mass is 275 g/mol. The molecule has 0 heterocycles. The molecule has 0 spiro atoms. The van der Waals surface area contributed by atoms with E-state index in [1.807, 2.05) is 0 Å². The highest BCUT2D eigenvalue weighted by Gasteiger charge is 2.18. The summed E-state index contributed by atoms with van der Waals surface area (Å²) < 4.78 is 14.8. The number of allylic oxidation sites excluding steroid dienone is 4. The van der Waals surface area contributed by atoms with Gasteiger partial charge >= 0.3 is 8.25 Å². The third kappa shape index (κ3) is 5.63. The lowest BCUT2D eigenvalue weighted by Gasteiger charge is -1.96. The molecule has 0 aliphatic carbocycles. The lowest BCUT2D eigenvalue weighted by atomic mass is 10.4. The number of hydrogen-bond donors (Lipinski definition) is 1. The van der Waals surface area contributed by atoms with Crippen LogP contribution in [0.4, 0.5) is 0 Å². The molecule has 0 aromatic heterocycles. The van der Waals surface area contributed by atoms with Crippen molar-refractivity contribution in [3.63, 3.8) is 0 Å². The number of rotatable bonds is 4. The van der Waals surface area contributed by atoms with Gasteiger partial charge in [0.25, 0.3) is 0 Å². The Labute approximate surface area is 97.6 Å². The maximum absolute atomic E-state index is 10.4. The van der Waals surface area contributed by atoms with Crippen LogP contribution in [0, 0.1) is 0 Å². The Morgan fingerprint density at radius 2 is 2.00 bits per heavy atom. The molecule has 14 heavy (non-hydrogen) atoms. The van der Waals surface area contributed by atoms with E-state index in [4.69, 9.17) is 39.7 Å². The van der Waals surface area contributed by atoms with Crippen molar-refractivity contribution in [2.45, 2.75) is 6.92 Å². The van der Waals surface area contributed by atoms with Crippen LogP contribution in [0.15, 0.2) is 33.5 Å². The second-order valence-electron chi connectivity index (χ2n) is 2.12. The summed E-state index contributed by atoms with van der Waals surface area (Å²) in [5.41, 5.74) is 0. The van der Waals surface area contributed by atoms with Crippen LogP contribution in [0.2, 0.25) is 0 Å². The van der Waals surface area contributed by atoms with Gasteiger partial charge in [-0.1, -0.05) is 41.4 Å². The van der Waals surface area contributed by atoms with Crippen LogP contribution in [0.25, 0.3) is 0 Å². The van der Waals surface area contributed by atoms with Crippen molar-refractivity contribution in [1.82, 2.24) is 0 Å². The van der Waals surface area contributed by atoms with Crippen molar-refractivity contribution in [3.8, 4) is 0 Å². The van der Waals surface area contributed by atoms with Crippen LogP contribution in [0.5, 0.6) is 0 Å². The van der Waals surface area contributed by atoms with Gasteiger partial charge in [-0.25, -0.2) is 4.52 Å². The molecule has 3 nitrogen and oxygen atoms in total. The van der Waals surface area contributed by atoms with Crippen molar-refractivity contribution >= 4 is 43.1 Å². The molecule has 0 rings (SSSR count). The Kier molecular flexibility index (Phi) is 6.41. The van der Waals surface area contributed by atoms with Gasteiger partial charge in [0.05, 0.1) is 10.1 Å². The smallest absolute Gasteiger partial charge is 0.228 e. The first-order valence-electron chi connectivity index (χ1n) is 3.27. The summed E-state index contributed by atoms with van der Waals surface area (Å²) >= 11 is 16.7. The maximum atomic E-state index is 10.4. The minimum atomic E-state index is -2.81. The van der Waals surface area contributed by atoms with Crippen molar-refractivity contribution in [3.05, 3.63) is 33.5 Å². The van der Waals surface area contributed by atoms with Crippen molar-refractivity contribution in [1.29, 1.82) is 0 Å². The highest BCUT2D eigenvalue weighted by Crippen LogP contribution is 2.29. The van der Waals surface area contributed by atoms with E-state index in [1.54, 1.807) is 6.92 Å². The zero-order valence-electron chi connectivity index (χ0n) is 7.13. The zero-order valence-corrected chi connectivity index (χ0v) is 10.3. The van der Waals surface area contributed by atoms with Crippen LogP contribution < -0.4 is 0 Å². The molecule has 78 valence electrons. The molecule has 1 atom stereocenters. The summed E-state index contributed by atoms with van der Waals surface area (Å²) in [5.74, 6) is -0.0970. The summed E-state index contributed by atoms with van der Waals surface area (Å²) in [6.45, 7) is 4.88. The lowest BCUT2D eigenvalue weighted by Crippen LogP contribution is -1.84. The van der Waals surface area contributed by atoms with Gasteiger partial charge < -0.3 is 0 Å². The zero-order chi connectivity index (χ0) is 11.3. The molecule has 7 heteroatoms. The van der Waals surface area contributed by atoms with E-state index in [1.165, 1.54) is 6.08 Å². The van der Waals surface area contributed by atoms with E-state index in [2.05, 4.69) is 11.1 Å². The average molecular weight is 276 g/mol. The Morgan fingerprint density at radius 1 is 1.50 bits per heavy atom. The van der Waals surface area contributed by atoms with Crippen molar-refractivity contribution in [2.24, 2.45) is 0 Å². The molecule has 0 radical (unpaired) electrons. The van der Waals surface area contributed by atoms with Gasteiger partial charge in [-0.05, 0) is 6.92 Å². The summed E-state index contributed by atoms with van der Waals surface area (Å²) in [6, 6.07) is 0. The first-order valence-corrected chi connectivity index (χ1v) is 5.53. The minimum absolute atomic E-state index is 0.0431. The van der Waals surface area contributed by atoms with Crippen LogP contribution >= 0.6 is 43.1 Å². The molecule has 0 amide bonds. The molecular formula is C7H7Cl3O3P+. The molecular weight excluding hydrogens is 269 g/mol. The van der Waals surface area contributed by atoms with Crippen LogP contribution in [-0.4, -0.2) is 4.89 Å². The quantitative estimate of drug-likeness (QED) is 0.479. The third-order valence-electron chi connectivity index (χ3n) is 1.03. The molecule has 0 aromatic carbocycles. The van der Waals surface area contributed by atoms with E-state index in [-0.39, 0.29) is 15.8 Å². The Morgan fingerprint density at radius 3 is 2.29 bits per heavy atom. The normalized spacial score (nSPS) is 14.6. The summed E-state index contributed by atoms with van der Waals surface area (Å²) in [7, 11) is -2.81. The minimum Gasteiger partial charge on any atom is -0.228 e. The Balaban J connectivity index is 4.93. The predicted octanol–water partition coefficient (Wildman–Crippen LogP) is 4.00. The fourth-order valence-corrected chi connectivity index (χ4v) is 1.08. The largest absolute Gasteiger partial charge is 0.747 e. The predicted molar refractivity (Wildman–Crippen MR) is 58.4 cm³/mol. The first kappa shape index (κ1) is 13.9. The van der Waals surface area contributed by atoms with Gasteiger partial charge in [-0.2, -0.15) is 0 Å². The molecule has 0 aliphatic rings. The van der Waals surface area contributed by atoms with Gasteiger partial charge in [-0.3, -0.25) is 0 Å². The molecule has 0 aromatic rings. The van der Waals surface area contributed by atoms with Crippen LogP contribution in [-0.2, 0) is 9.09 Å². The summed E-state index contributed by atoms with van der Waals surface area (Å²) in [4.78, 5) is 8.48. The van der Waals surface area contributed by atoms with Gasteiger partial charge in [0, 0.05) is 15.7 Å². The fraction of sp³-hybridized carbons (Fsp3) is 0.143. The van der Waals surface area contributed by atoms with Gasteiger partial charge in [-0.15, -0.1) is 4.89 Å². The van der Waals surface area contributed by atoms with Crippen molar-refractivity contribution in [2.75, 3.05) is 0 Å². The number of halogens is 3. The van der Waals surface area contributed by atoms with Crippen LogP contribution in [0.1, 0.15) is 6.92 Å². The highest BCUT2D eigenvalue weighted by molar-refractivity contribution is 7.32. The fourth-order valence-electron chi connectivity index (χ4n) is 0.453. The molecule has 0 saturated heterocycles. The van der Waals surface area contributed by atoms with E-state index < -0.39 is 8.25 Å². The van der Waals surface area contributed by atoms with Gasteiger partial charge in [0.2, 0.25) is 5.76 Å². The second kappa shape index (κ2) is 6.44. The summed E-state index contributed by atoms with van der Waals surface area (Å²) in [5, 5.41) is 0.414. The maximum Gasteiger partial charge on any atom is 0.747 e. The molecule has 0 fully saturated rings. The molecule has 0 bridgehead atoms. The molecule has 0 saturated carbocycles. The Bertz CT molecular complexity index is 318. The van der Waals surface area contributed by atoms with Gasteiger partial charge in [0.15, 0.2) is 0 Å². The Hall–Kier alpha value is -0.0500. The molecule has 1 unspecified atom stereocenters. The van der Waals surface area contributed by atoms with Gasteiger partial charge in [0.1, 0.15) is 0 Å². The lowest BCUT2D eigenvalue weighted by molar-refractivity contribution is 0.360. The SMILES string of the molecule is C=C(Cl)/C(=C\C(Cl)=C(/C)Cl)O[P+](=O)O. The first-order chi connectivity index (χ1) is 6.34.